The van der Waals surface area contributed by atoms with Gasteiger partial charge in [0, 0.05) is 29.3 Å². The molecule has 0 unspecified atom stereocenters. The number of thiazole rings is 1. The van der Waals surface area contributed by atoms with E-state index in [1.165, 1.54) is 12.8 Å². The lowest BCUT2D eigenvalue weighted by molar-refractivity contribution is 0.894. The van der Waals surface area contributed by atoms with Crippen LogP contribution in [0.5, 0.6) is 0 Å². The molecule has 25 heavy (non-hydrogen) atoms. The van der Waals surface area contributed by atoms with Crippen molar-refractivity contribution in [2.75, 3.05) is 5.32 Å². The molecule has 1 aromatic carbocycles. The molecule has 1 fully saturated rings. The maximum atomic E-state index is 4.70. The van der Waals surface area contributed by atoms with Gasteiger partial charge in [0.2, 0.25) is 5.65 Å². The van der Waals surface area contributed by atoms with Crippen molar-refractivity contribution in [2.45, 2.75) is 25.3 Å². The van der Waals surface area contributed by atoms with E-state index in [0.717, 1.165) is 33.6 Å². The summed E-state index contributed by atoms with van der Waals surface area (Å²) in [6, 6.07) is 10.2. The average Bonchev–Trinajstić information content (AvgIpc) is 3.23. The molecule has 1 saturated carbocycles. The van der Waals surface area contributed by atoms with Crippen molar-refractivity contribution in [1.82, 2.24) is 24.6 Å². The van der Waals surface area contributed by atoms with E-state index in [9.17, 15) is 0 Å². The molecule has 3 aromatic heterocycles. The van der Waals surface area contributed by atoms with Gasteiger partial charge in [0.25, 0.3) is 0 Å². The van der Waals surface area contributed by atoms with Crippen molar-refractivity contribution in [3.05, 3.63) is 59.6 Å². The summed E-state index contributed by atoms with van der Waals surface area (Å²) in [6.45, 7) is 0.613. The van der Waals surface area contributed by atoms with Crippen LogP contribution in [-0.4, -0.2) is 24.6 Å². The number of hydrogen-bond acceptors (Lipinski definition) is 6. The molecule has 0 atom stereocenters. The number of nitrogens with one attached hydrogen (secondary N) is 1. The van der Waals surface area contributed by atoms with Crippen LogP contribution in [0.25, 0.3) is 16.2 Å². The summed E-state index contributed by atoms with van der Waals surface area (Å²) in [6.07, 6.45) is 6.13. The van der Waals surface area contributed by atoms with Crippen LogP contribution < -0.4 is 5.32 Å². The van der Waals surface area contributed by atoms with Crippen molar-refractivity contribution in [3.8, 4) is 10.6 Å². The highest BCUT2D eigenvalue weighted by atomic mass is 32.1. The minimum absolute atomic E-state index is 0.553. The lowest BCUT2D eigenvalue weighted by Gasteiger charge is -2.05. The minimum atomic E-state index is 0.553. The molecule has 5 rings (SSSR count). The Morgan fingerprint density at radius 2 is 2.04 bits per heavy atom. The predicted molar refractivity (Wildman–Crippen MR) is 97.6 cm³/mol. The molecule has 7 heteroatoms. The summed E-state index contributed by atoms with van der Waals surface area (Å²) < 4.78 is 2.05. The minimum Gasteiger partial charge on any atom is -0.361 e. The Morgan fingerprint density at radius 1 is 1.16 bits per heavy atom. The highest BCUT2D eigenvalue weighted by molar-refractivity contribution is 7.13. The zero-order valence-corrected chi connectivity index (χ0v) is 14.3. The van der Waals surface area contributed by atoms with Gasteiger partial charge in [-0.25, -0.2) is 9.97 Å². The summed E-state index contributed by atoms with van der Waals surface area (Å²) in [5, 5.41) is 15.1. The quantitative estimate of drug-likeness (QED) is 0.595. The van der Waals surface area contributed by atoms with Crippen molar-refractivity contribution in [1.29, 1.82) is 0 Å². The molecular formula is C18H16N6S. The second-order valence-electron chi connectivity index (χ2n) is 6.17. The molecule has 0 aliphatic heterocycles. The van der Waals surface area contributed by atoms with Crippen molar-refractivity contribution >= 4 is 22.8 Å². The maximum Gasteiger partial charge on any atom is 0.203 e. The molecule has 1 N–H and O–H groups in total. The highest BCUT2D eigenvalue weighted by Crippen LogP contribution is 2.39. The Hall–Kier alpha value is -2.80. The molecule has 0 amide bonds. The maximum absolute atomic E-state index is 4.70. The second kappa shape index (κ2) is 5.93. The molecule has 1 aliphatic rings. The van der Waals surface area contributed by atoms with Gasteiger partial charge in [0.15, 0.2) is 5.82 Å². The third kappa shape index (κ3) is 2.76. The number of rotatable bonds is 5. The van der Waals surface area contributed by atoms with Crippen molar-refractivity contribution < 1.29 is 0 Å². The van der Waals surface area contributed by atoms with Crippen LogP contribution in [0.15, 0.2) is 48.1 Å². The van der Waals surface area contributed by atoms with E-state index in [2.05, 4.69) is 38.0 Å². The third-order valence-corrected chi connectivity index (χ3v) is 5.25. The van der Waals surface area contributed by atoms with Gasteiger partial charge in [0.1, 0.15) is 10.8 Å². The third-order valence-electron chi connectivity index (χ3n) is 4.31. The molecule has 0 saturated heterocycles. The number of fused-ring (bicyclic) bond motifs is 1. The Labute approximate surface area is 148 Å². The lowest BCUT2D eigenvalue weighted by atomic mass is 10.2. The van der Waals surface area contributed by atoms with E-state index in [0.29, 0.717) is 12.5 Å². The summed E-state index contributed by atoms with van der Waals surface area (Å²) in [7, 11) is 0. The number of anilines is 1. The standard InChI is InChI=1S/C18H16N6S/c1-2-4-13(5-3-1)18-21-14(11-25-18)10-20-15-17-23-22-16(12-6-7-12)24(17)9-8-19-15/h1-5,8-9,11-12H,6-7,10H2,(H,19,20). The highest BCUT2D eigenvalue weighted by Gasteiger charge is 2.29. The number of hydrogen-bond donors (Lipinski definition) is 1. The summed E-state index contributed by atoms with van der Waals surface area (Å²) in [4.78, 5) is 9.13. The fraction of sp³-hybridized carbons (Fsp3) is 0.222. The van der Waals surface area contributed by atoms with Crippen LogP contribution in [0, 0.1) is 0 Å². The first kappa shape index (κ1) is 14.5. The number of nitrogens with zero attached hydrogens (tertiary/aromatic N) is 5. The number of benzene rings is 1. The Morgan fingerprint density at radius 3 is 2.88 bits per heavy atom. The Kier molecular flexibility index (Phi) is 3.45. The predicted octanol–water partition coefficient (Wildman–Crippen LogP) is 3.74. The van der Waals surface area contributed by atoms with E-state index in [4.69, 9.17) is 4.98 Å². The fourth-order valence-corrected chi connectivity index (χ4v) is 3.69. The molecule has 6 nitrogen and oxygen atoms in total. The van der Waals surface area contributed by atoms with E-state index < -0.39 is 0 Å². The van der Waals surface area contributed by atoms with Crippen molar-refractivity contribution in [2.24, 2.45) is 0 Å². The van der Waals surface area contributed by atoms with Gasteiger partial charge in [-0.2, -0.15) is 0 Å². The average molecular weight is 348 g/mol. The SMILES string of the molecule is c1ccc(-c2nc(CNc3nccn4c(C5CC5)nnc34)cs2)cc1. The Balaban J connectivity index is 1.36. The van der Waals surface area contributed by atoms with Crippen LogP contribution in [0.3, 0.4) is 0 Å². The smallest absolute Gasteiger partial charge is 0.203 e. The molecule has 0 spiro atoms. The van der Waals surface area contributed by atoms with Crippen LogP contribution >= 0.6 is 11.3 Å². The summed E-state index contributed by atoms with van der Waals surface area (Å²) in [5.74, 6) is 2.34. The van der Waals surface area contributed by atoms with Gasteiger partial charge in [-0.05, 0) is 12.8 Å². The first-order valence-corrected chi connectivity index (χ1v) is 9.20. The number of aromatic nitrogens is 5. The van der Waals surface area contributed by atoms with Crippen molar-refractivity contribution in [3.63, 3.8) is 0 Å². The molecule has 1 aliphatic carbocycles. The van der Waals surface area contributed by atoms with Gasteiger partial charge >= 0.3 is 0 Å². The molecule has 124 valence electrons. The van der Waals surface area contributed by atoms with Gasteiger partial charge in [-0.15, -0.1) is 21.5 Å². The van der Waals surface area contributed by atoms with E-state index in [1.807, 2.05) is 28.8 Å². The van der Waals surface area contributed by atoms with Crippen LogP contribution in [0.4, 0.5) is 5.82 Å². The Bertz CT molecular complexity index is 1020. The molecule has 0 radical (unpaired) electrons. The van der Waals surface area contributed by atoms with Crippen LogP contribution in [-0.2, 0) is 6.54 Å². The van der Waals surface area contributed by atoms with E-state index >= 15 is 0 Å². The second-order valence-corrected chi connectivity index (χ2v) is 7.02. The lowest BCUT2D eigenvalue weighted by Crippen LogP contribution is -2.04. The topological polar surface area (TPSA) is 68.0 Å². The molecule has 3 heterocycles. The van der Waals surface area contributed by atoms with Crippen LogP contribution in [0.1, 0.15) is 30.3 Å². The summed E-state index contributed by atoms with van der Waals surface area (Å²) >= 11 is 1.65. The first-order chi connectivity index (χ1) is 12.4. The van der Waals surface area contributed by atoms with Gasteiger partial charge < -0.3 is 5.32 Å². The first-order valence-electron chi connectivity index (χ1n) is 8.32. The van der Waals surface area contributed by atoms with Crippen LogP contribution in [0.2, 0.25) is 0 Å². The van der Waals surface area contributed by atoms with E-state index in [-0.39, 0.29) is 0 Å². The fourth-order valence-electron chi connectivity index (χ4n) is 2.86. The molecule has 0 bridgehead atoms. The zero-order chi connectivity index (χ0) is 16.6. The monoisotopic (exact) mass is 348 g/mol. The van der Waals surface area contributed by atoms with E-state index in [1.54, 1.807) is 17.5 Å². The summed E-state index contributed by atoms with van der Waals surface area (Å²) in [5.41, 5.74) is 2.92. The van der Waals surface area contributed by atoms with Gasteiger partial charge in [-0.3, -0.25) is 4.40 Å². The molecular weight excluding hydrogens is 332 g/mol. The largest absolute Gasteiger partial charge is 0.361 e. The molecule has 4 aromatic rings. The van der Waals surface area contributed by atoms with Gasteiger partial charge in [-0.1, -0.05) is 30.3 Å². The van der Waals surface area contributed by atoms with Gasteiger partial charge in [0.05, 0.1) is 12.2 Å². The zero-order valence-electron chi connectivity index (χ0n) is 13.5. The normalized spacial score (nSPS) is 14.1.